The summed E-state index contributed by atoms with van der Waals surface area (Å²) in [5, 5.41) is 8.95. The Hall–Kier alpha value is -4.09. The van der Waals surface area contributed by atoms with Gasteiger partial charge in [-0.2, -0.15) is 0 Å². The molecule has 0 aliphatic heterocycles. The van der Waals surface area contributed by atoms with Crippen LogP contribution >= 0.6 is 0 Å². The topological polar surface area (TPSA) is 65.0 Å². The number of hydrogen-bond donors (Lipinski definition) is 1. The molecule has 0 bridgehead atoms. The average Bonchev–Trinajstić information content (AvgIpc) is 2.94. The Balaban J connectivity index is 1.74. The summed E-state index contributed by atoms with van der Waals surface area (Å²) in [5.74, 6) is 1.08. The second-order valence-corrected chi connectivity index (χ2v) is 11.7. The Bertz CT molecular complexity index is 1520. The van der Waals surface area contributed by atoms with Crippen LogP contribution in [-0.4, -0.2) is 25.2 Å². The molecule has 0 radical (unpaired) electrons. The highest BCUT2D eigenvalue weighted by atomic mass is 16.7. The highest BCUT2D eigenvalue weighted by molar-refractivity contribution is 5.90. The third-order valence-corrected chi connectivity index (χ3v) is 8.07. The van der Waals surface area contributed by atoms with Gasteiger partial charge in [-0.1, -0.05) is 82.3 Å². The minimum atomic E-state index is -1.33. The molecule has 0 spiro atoms. The molecule has 5 nitrogen and oxygen atoms in total. The minimum Gasteiger partial charge on any atom is -0.467 e. The molecule has 1 aliphatic rings. The van der Waals surface area contributed by atoms with Gasteiger partial charge >= 0.3 is 6.16 Å². The number of benzene rings is 4. The van der Waals surface area contributed by atoms with Crippen molar-refractivity contribution < 1.29 is 24.1 Å². The van der Waals surface area contributed by atoms with E-state index in [1.165, 1.54) is 11.1 Å². The summed E-state index contributed by atoms with van der Waals surface area (Å²) in [6.07, 6.45) is 0.896. The normalized spacial score (nSPS) is 15.2. The summed E-state index contributed by atoms with van der Waals surface area (Å²) >= 11 is 0. The van der Waals surface area contributed by atoms with Gasteiger partial charge in [0, 0.05) is 12.7 Å². The molecule has 0 aromatic heterocycles. The molecule has 4 aromatic rings. The number of fused-ring (bicyclic) bond motifs is 1. The van der Waals surface area contributed by atoms with Crippen LogP contribution in [0.3, 0.4) is 0 Å². The van der Waals surface area contributed by atoms with Crippen molar-refractivity contribution in [1.82, 2.24) is 0 Å². The molecule has 4 aromatic carbocycles. The number of carboxylic acid groups (broad SMARTS) is 1. The van der Waals surface area contributed by atoms with E-state index in [4.69, 9.17) is 19.3 Å². The molecule has 0 fully saturated rings. The second-order valence-electron chi connectivity index (χ2n) is 11.7. The SMILES string of the molecule is COCOc1cc2c(cc1-c1cc(-c3ccc(OC(=O)O)cc3)ccc1-c1ccccc1)C(C)(C)CCC2(C)C. The lowest BCUT2D eigenvalue weighted by atomic mass is 9.62. The van der Waals surface area contributed by atoms with E-state index in [-0.39, 0.29) is 23.4 Å². The first-order valence-corrected chi connectivity index (χ1v) is 13.6. The van der Waals surface area contributed by atoms with Gasteiger partial charge < -0.3 is 19.3 Å². The second kappa shape index (κ2) is 10.8. The van der Waals surface area contributed by atoms with Gasteiger partial charge in [-0.05, 0) is 92.9 Å². The zero-order valence-corrected chi connectivity index (χ0v) is 23.8. The first-order chi connectivity index (χ1) is 19.1. The number of hydrogen-bond acceptors (Lipinski definition) is 4. The first-order valence-electron chi connectivity index (χ1n) is 13.6. The fourth-order valence-electron chi connectivity index (χ4n) is 5.68. The van der Waals surface area contributed by atoms with Gasteiger partial charge in [0.15, 0.2) is 6.79 Å². The highest BCUT2D eigenvalue weighted by Crippen LogP contribution is 2.50. The molecule has 5 rings (SSSR count). The molecule has 5 heteroatoms. The maximum absolute atomic E-state index is 10.9. The van der Waals surface area contributed by atoms with E-state index in [2.05, 4.69) is 82.3 Å². The lowest BCUT2D eigenvalue weighted by Gasteiger charge is -2.42. The molecule has 1 N–H and O–H groups in total. The van der Waals surface area contributed by atoms with Crippen molar-refractivity contribution in [3.63, 3.8) is 0 Å². The summed E-state index contributed by atoms with van der Waals surface area (Å²) in [7, 11) is 1.64. The zero-order chi connectivity index (χ0) is 28.5. The quantitative estimate of drug-likeness (QED) is 0.145. The monoisotopic (exact) mass is 536 g/mol. The Morgan fingerprint density at radius 3 is 1.98 bits per heavy atom. The van der Waals surface area contributed by atoms with Crippen LogP contribution in [0.15, 0.2) is 84.9 Å². The average molecular weight is 537 g/mol. The summed E-state index contributed by atoms with van der Waals surface area (Å²) in [5.41, 5.74) is 9.00. The smallest absolute Gasteiger partial charge is 0.467 e. The van der Waals surface area contributed by atoms with E-state index in [1.54, 1.807) is 19.2 Å². The van der Waals surface area contributed by atoms with E-state index in [0.717, 1.165) is 52.0 Å². The zero-order valence-electron chi connectivity index (χ0n) is 23.8. The van der Waals surface area contributed by atoms with Crippen molar-refractivity contribution in [3.05, 3.63) is 96.1 Å². The van der Waals surface area contributed by atoms with Crippen LogP contribution in [0.25, 0.3) is 33.4 Å². The lowest BCUT2D eigenvalue weighted by molar-refractivity contribution is 0.0513. The molecule has 1 aliphatic carbocycles. The molecule has 0 unspecified atom stereocenters. The molecule has 206 valence electrons. The van der Waals surface area contributed by atoms with Gasteiger partial charge in [-0.15, -0.1) is 0 Å². The predicted octanol–water partition coefficient (Wildman–Crippen LogP) is 9.08. The maximum atomic E-state index is 10.9. The fraction of sp³-hybridized carbons (Fsp3) is 0.286. The molecule has 0 saturated heterocycles. The summed E-state index contributed by atoms with van der Waals surface area (Å²) < 4.78 is 16.4. The summed E-state index contributed by atoms with van der Waals surface area (Å²) in [4.78, 5) is 10.9. The van der Waals surface area contributed by atoms with Gasteiger partial charge in [0.25, 0.3) is 0 Å². The van der Waals surface area contributed by atoms with Crippen molar-refractivity contribution in [2.45, 2.75) is 51.4 Å². The molecule has 0 amide bonds. The Kier molecular flexibility index (Phi) is 7.43. The lowest BCUT2D eigenvalue weighted by Crippen LogP contribution is -2.34. The predicted molar refractivity (Wildman–Crippen MR) is 159 cm³/mol. The van der Waals surface area contributed by atoms with Crippen molar-refractivity contribution in [3.8, 4) is 44.9 Å². The largest absolute Gasteiger partial charge is 0.511 e. The molecule has 0 atom stereocenters. The number of methoxy groups -OCH3 is 1. The minimum absolute atomic E-state index is 0.0316. The van der Waals surface area contributed by atoms with Gasteiger partial charge in [0.1, 0.15) is 11.5 Å². The number of carbonyl (C=O) groups is 1. The molecule has 0 heterocycles. The van der Waals surface area contributed by atoms with Gasteiger partial charge in [0.05, 0.1) is 0 Å². The van der Waals surface area contributed by atoms with Crippen molar-refractivity contribution in [1.29, 1.82) is 0 Å². The van der Waals surface area contributed by atoms with Crippen molar-refractivity contribution in [2.75, 3.05) is 13.9 Å². The number of rotatable bonds is 7. The molecular weight excluding hydrogens is 500 g/mol. The van der Waals surface area contributed by atoms with Crippen LogP contribution in [0, 0.1) is 0 Å². The molecule has 0 saturated carbocycles. The van der Waals surface area contributed by atoms with E-state index in [0.29, 0.717) is 0 Å². The van der Waals surface area contributed by atoms with E-state index < -0.39 is 6.16 Å². The van der Waals surface area contributed by atoms with Crippen molar-refractivity contribution in [2.24, 2.45) is 0 Å². The van der Waals surface area contributed by atoms with Crippen molar-refractivity contribution >= 4 is 6.16 Å². The van der Waals surface area contributed by atoms with Crippen LogP contribution in [0.2, 0.25) is 0 Å². The van der Waals surface area contributed by atoms with E-state index in [9.17, 15) is 4.79 Å². The Morgan fingerprint density at radius 2 is 1.35 bits per heavy atom. The Labute approximate surface area is 236 Å². The van der Waals surface area contributed by atoms with Gasteiger partial charge in [0.2, 0.25) is 0 Å². The third kappa shape index (κ3) is 5.47. The van der Waals surface area contributed by atoms with Crippen LogP contribution < -0.4 is 9.47 Å². The number of ether oxygens (including phenoxy) is 3. The van der Waals surface area contributed by atoms with Gasteiger partial charge in [-0.25, -0.2) is 4.79 Å². The van der Waals surface area contributed by atoms with Crippen LogP contribution in [0.5, 0.6) is 11.5 Å². The third-order valence-electron chi connectivity index (χ3n) is 8.07. The van der Waals surface area contributed by atoms with Crippen LogP contribution in [-0.2, 0) is 15.6 Å². The Morgan fingerprint density at radius 1 is 0.725 bits per heavy atom. The van der Waals surface area contributed by atoms with Crippen LogP contribution in [0.4, 0.5) is 4.79 Å². The highest BCUT2D eigenvalue weighted by Gasteiger charge is 2.38. The molecule has 40 heavy (non-hydrogen) atoms. The van der Waals surface area contributed by atoms with E-state index >= 15 is 0 Å². The summed E-state index contributed by atoms with van der Waals surface area (Å²) in [6.45, 7) is 9.44. The standard InChI is InChI=1S/C35H36O5/c1-34(2)17-18-35(3,4)31-21-32(39-22-38-5)29(20-30(31)34)28-19-25(13-16-27(28)24-9-7-6-8-10-24)23-11-14-26(15-12-23)40-33(36)37/h6-16,19-21H,17-18,22H2,1-5H3,(H,36,37). The fourth-order valence-corrected chi connectivity index (χ4v) is 5.68. The van der Waals surface area contributed by atoms with E-state index in [1.807, 2.05) is 18.2 Å². The van der Waals surface area contributed by atoms with Gasteiger partial charge in [-0.3, -0.25) is 0 Å². The summed E-state index contributed by atoms with van der Waals surface area (Å²) in [6, 6.07) is 28.5. The van der Waals surface area contributed by atoms with Crippen LogP contribution in [0.1, 0.15) is 51.7 Å². The maximum Gasteiger partial charge on any atom is 0.511 e. The first kappa shape index (κ1) is 27.5. The molecular formula is C35H36O5.